The van der Waals surface area contributed by atoms with E-state index in [1.54, 1.807) is 6.92 Å². The van der Waals surface area contributed by atoms with Gasteiger partial charge < -0.3 is 19.3 Å². The topological polar surface area (TPSA) is 114 Å². The van der Waals surface area contributed by atoms with Crippen LogP contribution in [0.3, 0.4) is 0 Å². The number of hydrogen-bond donors (Lipinski definition) is 1. The number of nitrogens with one attached hydrogen (secondary N) is 1. The first-order chi connectivity index (χ1) is 15.3. The average molecular weight is 500 g/mol. The maximum Gasteiger partial charge on any atom is 0.346 e. The van der Waals surface area contributed by atoms with Crippen molar-refractivity contribution in [2.45, 2.75) is 6.92 Å². The third-order valence-electron chi connectivity index (χ3n) is 4.09. The smallest absolute Gasteiger partial charge is 0.346 e. The number of carbonyl (C=O) groups is 2. The Balaban J connectivity index is 1.88. The van der Waals surface area contributed by atoms with E-state index in [1.807, 2.05) is 6.07 Å². The molecule has 32 heavy (non-hydrogen) atoms. The predicted molar refractivity (Wildman–Crippen MR) is 116 cm³/mol. The van der Waals surface area contributed by atoms with Crippen LogP contribution in [-0.4, -0.2) is 24.1 Å². The van der Waals surface area contributed by atoms with E-state index >= 15 is 0 Å². The molecule has 0 bridgehead atoms. The van der Waals surface area contributed by atoms with Gasteiger partial charge in [-0.05, 0) is 58.8 Å². The number of hydrogen-bond acceptors (Lipinski definition) is 7. The Morgan fingerprint density at radius 3 is 2.66 bits per heavy atom. The van der Waals surface area contributed by atoms with E-state index in [1.165, 1.54) is 49.6 Å². The Kier molecular flexibility index (Phi) is 7.02. The van der Waals surface area contributed by atoms with E-state index in [4.69, 9.17) is 14.0 Å². The molecule has 0 radical (unpaired) electrons. The molecular formula is C22H15BrFN3O5. The summed E-state index contributed by atoms with van der Waals surface area (Å²) < 4.78 is 29.6. The van der Waals surface area contributed by atoms with Crippen molar-refractivity contribution in [3.63, 3.8) is 0 Å². The second kappa shape index (κ2) is 9.89. The van der Waals surface area contributed by atoms with Crippen LogP contribution in [0, 0.1) is 24.1 Å². The van der Waals surface area contributed by atoms with Crippen molar-refractivity contribution >= 4 is 39.7 Å². The van der Waals surface area contributed by atoms with Crippen molar-refractivity contribution in [1.82, 2.24) is 5.16 Å². The number of halogens is 2. The minimum atomic E-state index is -0.912. The molecule has 2 aromatic carbocycles. The number of nitriles is 1. The Morgan fingerprint density at radius 1 is 1.28 bits per heavy atom. The maximum atomic E-state index is 13.9. The Bertz CT molecular complexity index is 1260. The lowest BCUT2D eigenvalue weighted by atomic mass is 10.1. The average Bonchev–Trinajstić information content (AvgIpc) is 3.18. The van der Waals surface area contributed by atoms with E-state index in [0.29, 0.717) is 11.3 Å². The molecule has 0 spiro atoms. The second-order valence-corrected chi connectivity index (χ2v) is 7.20. The van der Waals surface area contributed by atoms with Crippen molar-refractivity contribution in [3.05, 3.63) is 75.2 Å². The van der Waals surface area contributed by atoms with Gasteiger partial charge in [-0.1, -0.05) is 17.3 Å². The Morgan fingerprint density at radius 2 is 2.03 bits per heavy atom. The van der Waals surface area contributed by atoms with Crippen molar-refractivity contribution in [2.75, 3.05) is 12.4 Å². The van der Waals surface area contributed by atoms with Crippen LogP contribution in [0.25, 0.3) is 6.08 Å². The largest absolute Gasteiger partial charge is 0.493 e. The van der Waals surface area contributed by atoms with Crippen LogP contribution in [0.15, 0.2) is 57.0 Å². The summed E-state index contributed by atoms with van der Waals surface area (Å²) in [5, 5.41) is 15.5. The molecule has 0 fully saturated rings. The van der Waals surface area contributed by atoms with E-state index in [2.05, 4.69) is 26.4 Å². The molecule has 1 heterocycles. The molecule has 1 N–H and O–H groups in total. The van der Waals surface area contributed by atoms with Gasteiger partial charge in [0.25, 0.3) is 5.91 Å². The van der Waals surface area contributed by atoms with Crippen molar-refractivity contribution < 1.29 is 28.0 Å². The number of nitrogens with zero attached hydrogens (tertiary/aromatic N) is 2. The number of methoxy groups -OCH3 is 1. The Labute approximate surface area is 190 Å². The number of amides is 1. The zero-order valence-corrected chi connectivity index (χ0v) is 18.4. The number of rotatable bonds is 6. The van der Waals surface area contributed by atoms with Crippen molar-refractivity contribution in [3.8, 4) is 17.6 Å². The number of carbonyl (C=O) groups excluding carboxylic acids is 2. The molecule has 0 unspecified atom stereocenters. The summed E-state index contributed by atoms with van der Waals surface area (Å²) in [6, 6.07) is 11.7. The normalized spacial score (nSPS) is 10.9. The lowest BCUT2D eigenvalue weighted by molar-refractivity contribution is -0.112. The molecule has 1 amide bonds. The van der Waals surface area contributed by atoms with Crippen LogP contribution in [-0.2, 0) is 4.79 Å². The summed E-state index contributed by atoms with van der Waals surface area (Å²) in [4.78, 5) is 24.7. The molecular weight excluding hydrogens is 485 g/mol. The third-order valence-corrected chi connectivity index (χ3v) is 4.67. The van der Waals surface area contributed by atoms with Gasteiger partial charge in [0.05, 0.1) is 17.1 Å². The van der Waals surface area contributed by atoms with Gasteiger partial charge >= 0.3 is 5.97 Å². The van der Waals surface area contributed by atoms with Gasteiger partial charge in [0.1, 0.15) is 23.2 Å². The summed E-state index contributed by atoms with van der Waals surface area (Å²) in [5.74, 6) is -1.52. The molecule has 0 aliphatic carbocycles. The predicted octanol–water partition coefficient (Wildman–Crippen LogP) is 4.66. The van der Waals surface area contributed by atoms with Crippen LogP contribution < -0.4 is 14.8 Å². The van der Waals surface area contributed by atoms with Gasteiger partial charge in [-0.3, -0.25) is 4.79 Å². The summed E-state index contributed by atoms with van der Waals surface area (Å²) in [6.45, 7) is 1.66. The molecule has 3 rings (SSSR count). The second-order valence-electron chi connectivity index (χ2n) is 6.35. The molecule has 0 aliphatic heterocycles. The van der Waals surface area contributed by atoms with Gasteiger partial charge in [0, 0.05) is 6.07 Å². The lowest BCUT2D eigenvalue weighted by Gasteiger charge is -2.13. The minimum absolute atomic E-state index is 0.0129. The SMILES string of the molecule is COc1cc(C=C(C#N)C(=O)Nc2cc(C)on2)cc(Br)c1OC(=O)c1ccccc1F. The fourth-order valence-corrected chi connectivity index (χ4v) is 3.16. The fourth-order valence-electron chi connectivity index (χ4n) is 2.62. The van der Waals surface area contributed by atoms with E-state index < -0.39 is 17.7 Å². The highest BCUT2D eigenvalue weighted by molar-refractivity contribution is 9.10. The number of benzene rings is 2. The van der Waals surface area contributed by atoms with E-state index in [-0.39, 0.29) is 32.9 Å². The first-order valence-corrected chi connectivity index (χ1v) is 9.82. The van der Waals surface area contributed by atoms with E-state index in [9.17, 15) is 19.2 Å². The number of esters is 1. The number of ether oxygens (including phenoxy) is 2. The van der Waals surface area contributed by atoms with Crippen LogP contribution in [0.5, 0.6) is 11.5 Å². The molecule has 0 saturated heterocycles. The molecule has 10 heteroatoms. The first kappa shape index (κ1) is 22.7. The Hall–Kier alpha value is -3.97. The quantitative estimate of drug-likeness (QED) is 0.227. The zero-order chi connectivity index (χ0) is 23.3. The molecule has 8 nitrogen and oxygen atoms in total. The first-order valence-electron chi connectivity index (χ1n) is 9.03. The highest BCUT2D eigenvalue weighted by Crippen LogP contribution is 2.38. The van der Waals surface area contributed by atoms with Crippen molar-refractivity contribution in [1.29, 1.82) is 5.26 Å². The highest BCUT2D eigenvalue weighted by atomic mass is 79.9. The van der Waals surface area contributed by atoms with Gasteiger partial charge in [0.15, 0.2) is 17.3 Å². The molecule has 162 valence electrons. The molecule has 0 saturated carbocycles. The minimum Gasteiger partial charge on any atom is -0.493 e. The number of aromatic nitrogens is 1. The van der Waals surface area contributed by atoms with Crippen molar-refractivity contribution in [2.24, 2.45) is 0 Å². The fraction of sp³-hybridized carbons (Fsp3) is 0.0909. The zero-order valence-electron chi connectivity index (χ0n) is 16.8. The van der Waals surface area contributed by atoms with Gasteiger partial charge in [0.2, 0.25) is 0 Å². The van der Waals surface area contributed by atoms with Crippen LogP contribution in [0.4, 0.5) is 10.2 Å². The lowest BCUT2D eigenvalue weighted by Crippen LogP contribution is -2.13. The summed E-state index contributed by atoms with van der Waals surface area (Å²) in [5.41, 5.74) is -0.0462. The highest BCUT2D eigenvalue weighted by Gasteiger charge is 2.20. The molecule has 0 atom stereocenters. The van der Waals surface area contributed by atoms with Gasteiger partial charge in [-0.15, -0.1) is 0 Å². The van der Waals surface area contributed by atoms with E-state index in [0.717, 1.165) is 6.07 Å². The summed E-state index contributed by atoms with van der Waals surface area (Å²) in [6.07, 6.45) is 1.32. The van der Waals surface area contributed by atoms with Crippen LogP contribution >= 0.6 is 15.9 Å². The third kappa shape index (κ3) is 5.19. The standard InChI is InChI=1S/C22H15BrFN3O5/c1-12-7-19(27-32-12)26-21(28)14(11-25)8-13-9-16(23)20(18(10-13)30-2)31-22(29)15-5-3-4-6-17(15)24/h3-10H,1-2H3,(H,26,27,28). The molecule has 3 aromatic rings. The number of aryl methyl sites for hydroxylation is 1. The number of anilines is 1. The maximum absolute atomic E-state index is 13.9. The summed E-state index contributed by atoms with van der Waals surface area (Å²) in [7, 11) is 1.35. The van der Waals surface area contributed by atoms with Gasteiger partial charge in [-0.2, -0.15) is 5.26 Å². The summed E-state index contributed by atoms with van der Waals surface area (Å²) >= 11 is 3.28. The van der Waals surface area contributed by atoms with Crippen LogP contribution in [0.1, 0.15) is 21.7 Å². The molecule has 1 aromatic heterocycles. The van der Waals surface area contributed by atoms with Crippen LogP contribution in [0.2, 0.25) is 0 Å². The molecule has 0 aliphatic rings. The van der Waals surface area contributed by atoms with Gasteiger partial charge in [-0.25, -0.2) is 9.18 Å². The monoisotopic (exact) mass is 499 g/mol.